The van der Waals surface area contributed by atoms with E-state index in [0.717, 1.165) is 23.5 Å². The predicted molar refractivity (Wildman–Crippen MR) is 87.7 cm³/mol. The average Bonchev–Trinajstić information content (AvgIpc) is 3.11. The third-order valence-electron chi connectivity index (χ3n) is 3.99. The largest absolute Gasteiger partial charge is 0.481 e. The molecule has 2 aromatic heterocycles. The van der Waals surface area contributed by atoms with E-state index >= 15 is 0 Å². The van der Waals surface area contributed by atoms with Gasteiger partial charge in [0.15, 0.2) is 0 Å². The molecule has 0 fully saturated rings. The van der Waals surface area contributed by atoms with Gasteiger partial charge in [-0.15, -0.1) is 0 Å². The fourth-order valence-corrected chi connectivity index (χ4v) is 2.59. The molecule has 24 heavy (non-hydrogen) atoms. The fourth-order valence-electron chi connectivity index (χ4n) is 2.59. The van der Waals surface area contributed by atoms with Crippen molar-refractivity contribution in [1.82, 2.24) is 24.5 Å². The van der Waals surface area contributed by atoms with Crippen molar-refractivity contribution in [1.29, 1.82) is 0 Å². The zero-order valence-corrected chi connectivity index (χ0v) is 14.5. The van der Waals surface area contributed by atoms with Crippen LogP contribution in [0.5, 0.6) is 0 Å². The Labute approximate surface area is 140 Å². The van der Waals surface area contributed by atoms with Gasteiger partial charge in [0, 0.05) is 37.6 Å². The van der Waals surface area contributed by atoms with Crippen molar-refractivity contribution in [3.05, 3.63) is 34.9 Å². The summed E-state index contributed by atoms with van der Waals surface area (Å²) in [5.41, 5.74) is 3.32. The minimum absolute atomic E-state index is 0.0280. The maximum absolute atomic E-state index is 12.5. The summed E-state index contributed by atoms with van der Waals surface area (Å²) in [6, 6.07) is 1.61. The van der Waals surface area contributed by atoms with E-state index in [9.17, 15) is 9.59 Å². The SMILES string of the molecule is CCn1nc(C)c(CN(C)C(=O)c2ccn(CCC(=O)O)n2)c1C. The molecule has 0 radical (unpaired) electrons. The summed E-state index contributed by atoms with van der Waals surface area (Å²) in [6.07, 6.45) is 1.59. The van der Waals surface area contributed by atoms with Crippen molar-refractivity contribution >= 4 is 11.9 Å². The lowest BCUT2D eigenvalue weighted by Gasteiger charge is -2.16. The highest BCUT2D eigenvalue weighted by molar-refractivity contribution is 5.92. The standard InChI is InChI=1S/C16H23N5O3/c1-5-21-12(3)13(11(2)17-21)10-19(4)16(24)14-6-8-20(18-14)9-7-15(22)23/h6,8H,5,7,9-10H2,1-4H3,(H,22,23). The maximum Gasteiger partial charge on any atom is 0.305 e. The fraction of sp³-hybridized carbons (Fsp3) is 0.500. The van der Waals surface area contributed by atoms with Crippen LogP contribution in [0.2, 0.25) is 0 Å². The molecule has 0 aromatic carbocycles. The molecular formula is C16H23N5O3. The Bertz CT molecular complexity index is 747. The van der Waals surface area contributed by atoms with Crippen molar-refractivity contribution in [2.75, 3.05) is 7.05 Å². The number of hydrogen-bond donors (Lipinski definition) is 1. The summed E-state index contributed by atoms with van der Waals surface area (Å²) in [5.74, 6) is -1.10. The smallest absolute Gasteiger partial charge is 0.305 e. The Morgan fingerprint density at radius 3 is 2.58 bits per heavy atom. The molecule has 1 amide bonds. The van der Waals surface area contributed by atoms with Crippen LogP contribution in [-0.4, -0.2) is 48.5 Å². The summed E-state index contributed by atoms with van der Waals surface area (Å²) in [6.45, 7) is 7.46. The van der Waals surface area contributed by atoms with Crippen LogP contribution in [0.1, 0.15) is 40.8 Å². The van der Waals surface area contributed by atoms with E-state index < -0.39 is 5.97 Å². The summed E-state index contributed by atoms with van der Waals surface area (Å²) in [5, 5.41) is 17.3. The first-order valence-electron chi connectivity index (χ1n) is 7.87. The van der Waals surface area contributed by atoms with E-state index in [2.05, 4.69) is 10.2 Å². The van der Waals surface area contributed by atoms with Crippen molar-refractivity contribution in [3.8, 4) is 0 Å². The Morgan fingerprint density at radius 2 is 2.00 bits per heavy atom. The van der Waals surface area contributed by atoms with Crippen LogP contribution in [0.25, 0.3) is 0 Å². The minimum Gasteiger partial charge on any atom is -0.481 e. The van der Waals surface area contributed by atoms with E-state index in [-0.39, 0.29) is 18.9 Å². The summed E-state index contributed by atoms with van der Waals surface area (Å²) < 4.78 is 3.39. The number of aromatic nitrogens is 4. The first kappa shape index (κ1) is 17.7. The number of hydrogen-bond acceptors (Lipinski definition) is 4. The van der Waals surface area contributed by atoms with E-state index in [4.69, 9.17) is 5.11 Å². The Hall–Kier alpha value is -2.64. The Kier molecular flexibility index (Phi) is 5.38. The van der Waals surface area contributed by atoms with E-state index in [0.29, 0.717) is 12.2 Å². The molecule has 2 heterocycles. The predicted octanol–water partition coefficient (Wildman–Crippen LogP) is 1.46. The second-order valence-electron chi connectivity index (χ2n) is 5.73. The molecule has 0 unspecified atom stereocenters. The number of carbonyl (C=O) groups excluding carboxylic acids is 1. The molecule has 130 valence electrons. The molecule has 0 spiro atoms. The third-order valence-corrected chi connectivity index (χ3v) is 3.99. The summed E-state index contributed by atoms with van der Waals surface area (Å²) in [4.78, 5) is 24.7. The van der Waals surface area contributed by atoms with Crippen molar-refractivity contribution < 1.29 is 14.7 Å². The highest BCUT2D eigenvalue weighted by atomic mass is 16.4. The summed E-state index contributed by atoms with van der Waals surface area (Å²) >= 11 is 0. The van der Waals surface area contributed by atoms with Gasteiger partial charge in [-0.2, -0.15) is 10.2 Å². The van der Waals surface area contributed by atoms with Gasteiger partial charge in [0.1, 0.15) is 5.69 Å². The van der Waals surface area contributed by atoms with Gasteiger partial charge in [-0.05, 0) is 26.8 Å². The van der Waals surface area contributed by atoms with E-state index in [1.165, 1.54) is 4.68 Å². The molecule has 8 heteroatoms. The van der Waals surface area contributed by atoms with Gasteiger partial charge in [-0.1, -0.05) is 0 Å². The number of carboxylic acid groups (broad SMARTS) is 1. The van der Waals surface area contributed by atoms with E-state index in [1.54, 1.807) is 24.2 Å². The second kappa shape index (κ2) is 7.29. The van der Waals surface area contributed by atoms with Gasteiger partial charge in [0.25, 0.3) is 5.91 Å². The number of carbonyl (C=O) groups is 2. The first-order valence-corrected chi connectivity index (χ1v) is 7.87. The molecule has 0 atom stereocenters. The highest BCUT2D eigenvalue weighted by Crippen LogP contribution is 2.16. The Morgan fingerprint density at radius 1 is 1.29 bits per heavy atom. The van der Waals surface area contributed by atoms with Gasteiger partial charge in [-0.25, -0.2) is 0 Å². The molecule has 0 aliphatic rings. The second-order valence-corrected chi connectivity index (χ2v) is 5.73. The van der Waals surface area contributed by atoms with Crippen LogP contribution in [0, 0.1) is 13.8 Å². The molecule has 0 saturated carbocycles. The monoisotopic (exact) mass is 333 g/mol. The van der Waals surface area contributed by atoms with Gasteiger partial charge >= 0.3 is 5.97 Å². The summed E-state index contributed by atoms with van der Waals surface area (Å²) in [7, 11) is 1.72. The van der Waals surface area contributed by atoms with Crippen LogP contribution >= 0.6 is 0 Å². The normalized spacial score (nSPS) is 10.8. The van der Waals surface area contributed by atoms with E-state index in [1.807, 2.05) is 25.5 Å². The van der Waals surface area contributed by atoms with Crippen molar-refractivity contribution in [2.24, 2.45) is 0 Å². The van der Waals surface area contributed by atoms with Crippen molar-refractivity contribution in [2.45, 2.75) is 46.8 Å². The molecule has 1 N–H and O–H groups in total. The van der Waals surface area contributed by atoms with Crippen LogP contribution in [0.3, 0.4) is 0 Å². The molecule has 0 saturated heterocycles. The van der Waals surface area contributed by atoms with Gasteiger partial charge < -0.3 is 10.0 Å². The lowest BCUT2D eigenvalue weighted by Crippen LogP contribution is -2.27. The number of aryl methyl sites for hydroxylation is 3. The molecule has 0 aliphatic carbocycles. The number of aliphatic carboxylic acids is 1. The topological polar surface area (TPSA) is 93.2 Å². The lowest BCUT2D eigenvalue weighted by molar-refractivity contribution is -0.137. The molecule has 0 aliphatic heterocycles. The maximum atomic E-state index is 12.5. The van der Waals surface area contributed by atoms with Gasteiger partial charge in [-0.3, -0.25) is 19.0 Å². The average molecular weight is 333 g/mol. The number of nitrogens with zero attached hydrogens (tertiary/aromatic N) is 5. The Balaban J connectivity index is 2.07. The van der Waals surface area contributed by atoms with Gasteiger partial charge in [0.2, 0.25) is 0 Å². The van der Waals surface area contributed by atoms with Crippen LogP contribution in [-0.2, 0) is 24.4 Å². The molecule has 0 bridgehead atoms. The lowest BCUT2D eigenvalue weighted by atomic mass is 10.2. The van der Waals surface area contributed by atoms with Crippen LogP contribution in [0.4, 0.5) is 0 Å². The molecular weight excluding hydrogens is 310 g/mol. The number of rotatable bonds is 7. The van der Waals surface area contributed by atoms with Crippen molar-refractivity contribution in [3.63, 3.8) is 0 Å². The van der Waals surface area contributed by atoms with Gasteiger partial charge in [0.05, 0.1) is 18.7 Å². The molecule has 2 rings (SSSR count). The minimum atomic E-state index is -0.894. The number of carboxylic acids is 1. The zero-order chi connectivity index (χ0) is 17.9. The molecule has 8 nitrogen and oxygen atoms in total. The third kappa shape index (κ3) is 3.81. The first-order chi connectivity index (χ1) is 11.3. The van der Waals surface area contributed by atoms with Crippen LogP contribution in [0.15, 0.2) is 12.3 Å². The highest BCUT2D eigenvalue weighted by Gasteiger charge is 2.19. The quantitative estimate of drug-likeness (QED) is 0.828. The number of amides is 1. The zero-order valence-electron chi connectivity index (χ0n) is 14.5. The molecule has 2 aromatic rings. The van der Waals surface area contributed by atoms with Crippen LogP contribution < -0.4 is 0 Å².